The molecule has 1 heterocycles. The number of amides is 2. The molecule has 3 N–H and O–H groups in total. The van der Waals surface area contributed by atoms with E-state index in [0.717, 1.165) is 16.6 Å². The van der Waals surface area contributed by atoms with Crippen molar-refractivity contribution >= 4 is 23.6 Å². The zero-order valence-corrected chi connectivity index (χ0v) is 16.0. The van der Waals surface area contributed by atoms with E-state index in [4.69, 9.17) is 5.73 Å². The van der Waals surface area contributed by atoms with Gasteiger partial charge in [0, 0.05) is 28.7 Å². The number of carbonyl (C=O) groups excluding carboxylic acids is 2. The normalized spacial score (nSPS) is 14.7. The van der Waals surface area contributed by atoms with Crippen molar-refractivity contribution in [3.63, 3.8) is 0 Å². The van der Waals surface area contributed by atoms with Crippen LogP contribution in [0.4, 0.5) is 0 Å². The lowest BCUT2D eigenvalue weighted by Crippen LogP contribution is -2.26. The van der Waals surface area contributed by atoms with Crippen LogP contribution in [0.3, 0.4) is 0 Å². The minimum Gasteiger partial charge on any atom is -0.364 e. The number of primary amides is 1. The maximum atomic E-state index is 12.4. The van der Waals surface area contributed by atoms with Gasteiger partial charge in [-0.1, -0.05) is 31.4 Å². The number of rotatable bonds is 7. The van der Waals surface area contributed by atoms with Gasteiger partial charge in [0.2, 0.25) is 0 Å². The molecule has 0 atom stereocenters. The molecule has 1 saturated carbocycles. The molecule has 0 radical (unpaired) electrons. The topological polar surface area (TPSA) is 98.0 Å². The molecule has 0 unspecified atom stereocenters. The van der Waals surface area contributed by atoms with Gasteiger partial charge in [-0.3, -0.25) is 14.6 Å². The van der Waals surface area contributed by atoms with Crippen LogP contribution in [0, 0.1) is 0 Å². The van der Waals surface area contributed by atoms with Gasteiger partial charge in [0.15, 0.2) is 0 Å². The maximum Gasteiger partial charge on any atom is 0.268 e. The molecule has 1 fully saturated rings. The van der Waals surface area contributed by atoms with Crippen molar-refractivity contribution < 1.29 is 9.59 Å². The van der Waals surface area contributed by atoms with Crippen molar-refractivity contribution in [1.82, 2.24) is 15.3 Å². The van der Waals surface area contributed by atoms with Crippen molar-refractivity contribution in [2.24, 2.45) is 5.73 Å². The molecule has 142 valence electrons. The van der Waals surface area contributed by atoms with Gasteiger partial charge in [-0.05, 0) is 25.0 Å². The van der Waals surface area contributed by atoms with Crippen LogP contribution in [0.2, 0.25) is 0 Å². The van der Waals surface area contributed by atoms with Gasteiger partial charge >= 0.3 is 0 Å². The molecule has 1 aliphatic rings. The Balaban J connectivity index is 1.57. The number of nitrogens with zero attached hydrogens (tertiary/aromatic N) is 2. The Labute approximate surface area is 163 Å². The molecule has 0 bridgehead atoms. The Bertz CT molecular complexity index is 806. The van der Waals surface area contributed by atoms with E-state index in [2.05, 4.69) is 15.3 Å². The third kappa shape index (κ3) is 5.53. The van der Waals surface area contributed by atoms with Crippen molar-refractivity contribution in [3.8, 4) is 11.3 Å². The van der Waals surface area contributed by atoms with E-state index in [0.29, 0.717) is 17.8 Å². The van der Waals surface area contributed by atoms with Gasteiger partial charge in [0.25, 0.3) is 11.8 Å². The number of benzene rings is 1. The molecule has 0 spiro atoms. The quantitative estimate of drug-likeness (QED) is 0.715. The van der Waals surface area contributed by atoms with Crippen LogP contribution in [0.5, 0.6) is 0 Å². The third-order valence-electron chi connectivity index (χ3n) is 4.60. The fraction of sp³-hybridized carbons (Fsp3) is 0.400. The van der Waals surface area contributed by atoms with Crippen LogP contribution in [-0.4, -0.2) is 39.3 Å². The Morgan fingerprint density at radius 2 is 2.00 bits per heavy atom. The summed E-state index contributed by atoms with van der Waals surface area (Å²) in [6.45, 7) is 0.654. The molecule has 7 heteroatoms. The largest absolute Gasteiger partial charge is 0.364 e. The average molecular weight is 385 g/mol. The average Bonchev–Trinajstić information content (AvgIpc) is 2.72. The molecule has 2 aromatic rings. The van der Waals surface area contributed by atoms with E-state index in [1.54, 1.807) is 24.4 Å². The Morgan fingerprint density at radius 1 is 1.19 bits per heavy atom. The standard InChI is InChI=1S/C20H24N4O2S/c21-19(25)18-13-22-12-17(24-18)14-5-4-6-15(11-14)20(26)23-9-10-27-16-7-2-1-3-8-16/h4-6,11-13,16H,1-3,7-10H2,(H2,21,25)(H,23,26). The molecule has 0 aliphatic heterocycles. The van der Waals surface area contributed by atoms with Gasteiger partial charge in [-0.25, -0.2) is 4.98 Å². The molecule has 6 nitrogen and oxygen atoms in total. The van der Waals surface area contributed by atoms with Crippen molar-refractivity contribution in [2.75, 3.05) is 12.3 Å². The van der Waals surface area contributed by atoms with E-state index < -0.39 is 5.91 Å². The lowest BCUT2D eigenvalue weighted by Gasteiger charge is -2.20. The highest BCUT2D eigenvalue weighted by Gasteiger charge is 2.14. The monoisotopic (exact) mass is 384 g/mol. The molecule has 0 saturated heterocycles. The fourth-order valence-corrected chi connectivity index (χ4v) is 4.39. The van der Waals surface area contributed by atoms with Gasteiger partial charge in [0.1, 0.15) is 5.69 Å². The molecule has 3 rings (SSSR count). The number of thioether (sulfide) groups is 1. The van der Waals surface area contributed by atoms with Crippen LogP contribution in [0.25, 0.3) is 11.3 Å². The van der Waals surface area contributed by atoms with E-state index in [-0.39, 0.29) is 11.6 Å². The van der Waals surface area contributed by atoms with Gasteiger partial charge < -0.3 is 11.1 Å². The fourth-order valence-electron chi connectivity index (χ4n) is 3.17. The highest BCUT2D eigenvalue weighted by atomic mass is 32.2. The molecule has 1 aliphatic carbocycles. The molecule has 1 aromatic heterocycles. The first-order valence-electron chi connectivity index (χ1n) is 9.25. The summed E-state index contributed by atoms with van der Waals surface area (Å²) < 4.78 is 0. The molecule has 1 aromatic carbocycles. The van der Waals surface area contributed by atoms with E-state index in [1.807, 2.05) is 17.8 Å². The summed E-state index contributed by atoms with van der Waals surface area (Å²) in [5.41, 5.74) is 7.13. The van der Waals surface area contributed by atoms with Crippen molar-refractivity contribution in [2.45, 2.75) is 37.4 Å². The van der Waals surface area contributed by atoms with Gasteiger partial charge in [0.05, 0.1) is 18.1 Å². The first kappa shape index (κ1) is 19.4. The lowest BCUT2D eigenvalue weighted by atomic mass is 10.0. The van der Waals surface area contributed by atoms with E-state index >= 15 is 0 Å². The Kier molecular flexibility index (Phi) is 6.81. The number of hydrogen-bond donors (Lipinski definition) is 2. The molecular formula is C20H24N4O2S. The van der Waals surface area contributed by atoms with Crippen LogP contribution in [-0.2, 0) is 0 Å². The smallest absolute Gasteiger partial charge is 0.268 e. The Morgan fingerprint density at radius 3 is 2.78 bits per heavy atom. The predicted molar refractivity (Wildman–Crippen MR) is 108 cm³/mol. The zero-order chi connectivity index (χ0) is 19.1. The predicted octanol–water partition coefficient (Wildman–Crippen LogP) is 3.04. The van der Waals surface area contributed by atoms with E-state index in [1.165, 1.54) is 38.3 Å². The highest BCUT2D eigenvalue weighted by Crippen LogP contribution is 2.27. The summed E-state index contributed by atoms with van der Waals surface area (Å²) in [6.07, 6.45) is 9.49. The maximum absolute atomic E-state index is 12.4. The van der Waals surface area contributed by atoms with Crippen LogP contribution >= 0.6 is 11.8 Å². The summed E-state index contributed by atoms with van der Waals surface area (Å²) in [5.74, 6) is 0.191. The summed E-state index contributed by atoms with van der Waals surface area (Å²) in [4.78, 5) is 31.9. The summed E-state index contributed by atoms with van der Waals surface area (Å²) in [7, 11) is 0. The second-order valence-corrected chi connectivity index (χ2v) is 8.03. The van der Waals surface area contributed by atoms with Crippen molar-refractivity contribution in [1.29, 1.82) is 0 Å². The minimum absolute atomic E-state index is 0.0992. The molecule has 27 heavy (non-hydrogen) atoms. The second-order valence-electron chi connectivity index (χ2n) is 6.62. The third-order valence-corrected chi connectivity index (χ3v) is 5.98. The van der Waals surface area contributed by atoms with Crippen LogP contribution < -0.4 is 11.1 Å². The van der Waals surface area contributed by atoms with E-state index in [9.17, 15) is 9.59 Å². The number of nitrogens with two attached hydrogens (primary N) is 1. The Hall–Kier alpha value is -2.41. The van der Waals surface area contributed by atoms with Crippen LogP contribution in [0.1, 0.15) is 53.0 Å². The number of carbonyl (C=O) groups is 2. The molecule has 2 amide bonds. The summed E-state index contributed by atoms with van der Waals surface area (Å²) in [6, 6.07) is 7.13. The number of nitrogens with one attached hydrogen (secondary N) is 1. The first-order chi connectivity index (χ1) is 13.1. The number of hydrogen-bond acceptors (Lipinski definition) is 5. The summed E-state index contributed by atoms with van der Waals surface area (Å²) in [5, 5.41) is 3.72. The van der Waals surface area contributed by atoms with Crippen LogP contribution in [0.15, 0.2) is 36.7 Å². The molecular weight excluding hydrogens is 360 g/mol. The second kappa shape index (κ2) is 9.50. The summed E-state index contributed by atoms with van der Waals surface area (Å²) >= 11 is 1.96. The van der Waals surface area contributed by atoms with Gasteiger partial charge in [-0.2, -0.15) is 11.8 Å². The SMILES string of the molecule is NC(=O)c1cncc(-c2cccc(C(=O)NCCSC3CCCCC3)c2)n1. The van der Waals surface area contributed by atoms with Gasteiger partial charge in [-0.15, -0.1) is 0 Å². The zero-order valence-electron chi connectivity index (χ0n) is 15.2. The minimum atomic E-state index is -0.631. The highest BCUT2D eigenvalue weighted by molar-refractivity contribution is 7.99. The first-order valence-corrected chi connectivity index (χ1v) is 10.3. The lowest BCUT2D eigenvalue weighted by molar-refractivity contribution is 0.0954. The van der Waals surface area contributed by atoms with Crippen molar-refractivity contribution in [3.05, 3.63) is 47.9 Å². The number of aromatic nitrogens is 2.